The minimum absolute atomic E-state index is 0.0794. The van der Waals surface area contributed by atoms with E-state index in [-0.39, 0.29) is 5.91 Å². The highest BCUT2D eigenvalue weighted by atomic mass is 16.2. The first-order valence-electron chi connectivity index (χ1n) is 7.94. The number of amides is 2. The number of nitrogens with one attached hydrogen (secondary N) is 1. The molecule has 0 aromatic rings. The van der Waals surface area contributed by atoms with Gasteiger partial charge in [-0.3, -0.25) is 14.5 Å². The van der Waals surface area contributed by atoms with Gasteiger partial charge in [-0.1, -0.05) is 39.0 Å². The zero-order valence-corrected chi connectivity index (χ0v) is 12.7. The largest absolute Gasteiger partial charge is 0.368 e. The van der Waals surface area contributed by atoms with Gasteiger partial charge in [-0.05, 0) is 32.4 Å². The molecule has 1 rings (SSSR count). The van der Waals surface area contributed by atoms with E-state index in [0.717, 1.165) is 38.8 Å². The molecule has 0 saturated carbocycles. The van der Waals surface area contributed by atoms with Crippen molar-refractivity contribution in [3.63, 3.8) is 0 Å². The number of unbranched alkanes of at least 4 members (excludes halogenated alkanes) is 4. The van der Waals surface area contributed by atoms with Gasteiger partial charge in [0.15, 0.2) is 0 Å². The SMILES string of the molecule is CCCCCCCC(NC(=O)CN1CCCC1)C(N)=O. The number of primary amides is 1. The first-order chi connectivity index (χ1) is 9.63. The summed E-state index contributed by atoms with van der Waals surface area (Å²) in [4.78, 5) is 25.4. The third-order valence-electron chi connectivity index (χ3n) is 3.84. The van der Waals surface area contributed by atoms with Crippen molar-refractivity contribution in [2.24, 2.45) is 5.73 Å². The number of nitrogens with two attached hydrogens (primary N) is 1. The second-order valence-corrected chi connectivity index (χ2v) is 5.71. The molecule has 3 N–H and O–H groups in total. The lowest BCUT2D eigenvalue weighted by Gasteiger charge is -2.18. The molecule has 0 aromatic carbocycles. The zero-order chi connectivity index (χ0) is 14.8. The molecular formula is C15H29N3O2. The summed E-state index contributed by atoms with van der Waals surface area (Å²) in [5.41, 5.74) is 5.37. The predicted octanol–water partition coefficient (Wildman–Crippen LogP) is 1.41. The maximum Gasteiger partial charge on any atom is 0.240 e. The Labute approximate surface area is 122 Å². The number of likely N-dealkylation sites (tertiary alicyclic amines) is 1. The van der Waals surface area contributed by atoms with Gasteiger partial charge in [-0.25, -0.2) is 0 Å². The van der Waals surface area contributed by atoms with Crippen LogP contribution in [0.3, 0.4) is 0 Å². The molecule has 1 saturated heterocycles. The Morgan fingerprint density at radius 2 is 1.80 bits per heavy atom. The van der Waals surface area contributed by atoms with Gasteiger partial charge in [0.05, 0.1) is 6.54 Å². The van der Waals surface area contributed by atoms with E-state index in [1.807, 2.05) is 0 Å². The first kappa shape index (κ1) is 17.0. The van der Waals surface area contributed by atoms with Crippen LogP contribution in [0.1, 0.15) is 58.3 Å². The quantitative estimate of drug-likeness (QED) is 0.595. The Hall–Kier alpha value is -1.10. The van der Waals surface area contributed by atoms with Gasteiger partial charge in [0.25, 0.3) is 0 Å². The standard InChI is InChI=1S/C15H29N3O2/c1-2-3-4-5-6-9-13(15(16)20)17-14(19)12-18-10-7-8-11-18/h13H,2-12H2,1H3,(H2,16,20)(H,17,19). The van der Waals surface area contributed by atoms with Crippen LogP contribution in [-0.2, 0) is 9.59 Å². The molecular weight excluding hydrogens is 254 g/mol. The molecule has 1 atom stereocenters. The van der Waals surface area contributed by atoms with Gasteiger partial charge in [0.1, 0.15) is 6.04 Å². The van der Waals surface area contributed by atoms with E-state index in [9.17, 15) is 9.59 Å². The number of rotatable bonds is 10. The van der Waals surface area contributed by atoms with Crippen molar-refractivity contribution in [3.8, 4) is 0 Å². The van der Waals surface area contributed by atoms with Crippen molar-refractivity contribution in [2.45, 2.75) is 64.3 Å². The second-order valence-electron chi connectivity index (χ2n) is 5.71. The molecule has 20 heavy (non-hydrogen) atoms. The molecule has 0 aliphatic carbocycles. The van der Waals surface area contributed by atoms with Crippen LogP contribution in [0.5, 0.6) is 0 Å². The minimum atomic E-state index is -0.508. The molecule has 0 bridgehead atoms. The van der Waals surface area contributed by atoms with Gasteiger partial charge in [-0.15, -0.1) is 0 Å². The van der Waals surface area contributed by atoms with Crippen LogP contribution < -0.4 is 11.1 Å². The molecule has 1 aliphatic rings. The summed E-state index contributed by atoms with van der Waals surface area (Å²) in [6.45, 7) is 4.52. The van der Waals surface area contributed by atoms with Crippen molar-refractivity contribution < 1.29 is 9.59 Å². The van der Waals surface area contributed by atoms with Crippen molar-refractivity contribution in [1.29, 1.82) is 0 Å². The van der Waals surface area contributed by atoms with Crippen LogP contribution in [0.4, 0.5) is 0 Å². The summed E-state index contributed by atoms with van der Waals surface area (Å²) >= 11 is 0. The number of hydrogen-bond acceptors (Lipinski definition) is 3. The topological polar surface area (TPSA) is 75.4 Å². The Morgan fingerprint density at radius 1 is 1.15 bits per heavy atom. The van der Waals surface area contributed by atoms with Gasteiger partial charge >= 0.3 is 0 Å². The van der Waals surface area contributed by atoms with Gasteiger partial charge in [0, 0.05) is 0 Å². The molecule has 1 fully saturated rings. The third-order valence-corrected chi connectivity index (χ3v) is 3.84. The average Bonchev–Trinajstić information content (AvgIpc) is 2.89. The monoisotopic (exact) mass is 283 g/mol. The lowest BCUT2D eigenvalue weighted by molar-refractivity contribution is -0.128. The third kappa shape index (κ3) is 6.89. The molecule has 2 amide bonds. The maximum atomic E-state index is 11.9. The molecule has 0 radical (unpaired) electrons. The first-order valence-corrected chi connectivity index (χ1v) is 7.94. The van der Waals surface area contributed by atoms with E-state index in [4.69, 9.17) is 5.73 Å². The summed E-state index contributed by atoms with van der Waals surface area (Å²) in [6, 6.07) is -0.508. The Balaban J connectivity index is 2.23. The summed E-state index contributed by atoms with van der Waals surface area (Å²) in [6.07, 6.45) is 8.62. The van der Waals surface area contributed by atoms with Crippen LogP contribution in [0.15, 0.2) is 0 Å². The highest BCUT2D eigenvalue weighted by Crippen LogP contribution is 2.08. The molecule has 1 unspecified atom stereocenters. The highest BCUT2D eigenvalue weighted by molar-refractivity contribution is 5.87. The fraction of sp³-hybridized carbons (Fsp3) is 0.867. The molecule has 0 spiro atoms. The van der Waals surface area contributed by atoms with Crippen LogP contribution >= 0.6 is 0 Å². The van der Waals surface area contributed by atoms with Gasteiger partial charge in [-0.2, -0.15) is 0 Å². The van der Waals surface area contributed by atoms with E-state index >= 15 is 0 Å². The predicted molar refractivity (Wildman–Crippen MR) is 80.2 cm³/mol. The number of carbonyl (C=O) groups excluding carboxylic acids is 2. The van der Waals surface area contributed by atoms with Gasteiger partial charge in [0.2, 0.25) is 11.8 Å². The maximum absolute atomic E-state index is 11.9. The van der Waals surface area contributed by atoms with E-state index < -0.39 is 11.9 Å². The molecule has 1 aliphatic heterocycles. The normalized spacial score (nSPS) is 17.1. The van der Waals surface area contributed by atoms with E-state index in [0.29, 0.717) is 13.0 Å². The summed E-state index contributed by atoms with van der Waals surface area (Å²) < 4.78 is 0. The number of hydrogen-bond donors (Lipinski definition) is 2. The molecule has 5 heteroatoms. The summed E-state index contributed by atoms with van der Waals surface area (Å²) in [7, 11) is 0. The lowest BCUT2D eigenvalue weighted by atomic mass is 10.1. The van der Waals surface area contributed by atoms with Gasteiger partial charge < -0.3 is 11.1 Å². The van der Waals surface area contributed by atoms with Crippen molar-refractivity contribution in [3.05, 3.63) is 0 Å². The molecule has 5 nitrogen and oxygen atoms in total. The minimum Gasteiger partial charge on any atom is -0.368 e. The van der Waals surface area contributed by atoms with Crippen molar-refractivity contribution in [2.75, 3.05) is 19.6 Å². The average molecular weight is 283 g/mol. The zero-order valence-electron chi connectivity index (χ0n) is 12.7. The Bertz CT molecular complexity index is 301. The number of nitrogens with zero attached hydrogens (tertiary/aromatic N) is 1. The van der Waals surface area contributed by atoms with E-state index in [1.54, 1.807) is 0 Å². The van der Waals surface area contributed by atoms with Crippen molar-refractivity contribution >= 4 is 11.8 Å². The molecule has 1 heterocycles. The Kier molecular flexibility index (Phi) is 8.26. The lowest BCUT2D eigenvalue weighted by Crippen LogP contribution is -2.47. The van der Waals surface area contributed by atoms with E-state index in [2.05, 4.69) is 17.1 Å². The number of carbonyl (C=O) groups is 2. The second kappa shape index (κ2) is 9.75. The van der Waals surface area contributed by atoms with E-state index in [1.165, 1.54) is 19.3 Å². The fourth-order valence-electron chi connectivity index (χ4n) is 2.62. The fourth-order valence-corrected chi connectivity index (χ4v) is 2.62. The summed E-state index contributed by atoms with van der Waals surface area (Å²) in [5.74, 6) is -0.500. The molecule has 116 valence electrons. The smallest absolute Gasteiger partial charge is 0.240 e. The summed E-state index contributed by atoms with van der Waals surface area (Å²) in [5, 5.41) is 2.78. The van der Waals surface area contributed by atoms with Crippen LogP contribution in [-0.4, -0.2) is 42.4 Å². The van der Waals surface area contributed by atoms with Crippen molar-refractivity contribution in [1.82, 2.24) is 10.2 Å². The Morgan fingerprint density at radius 3 is 2.40 bits per heavy atom. The highest BCUT2D eigenvalue weighted by Gasteiger charge is 2.20. The van der Waals surface area contributed by atoms with Crippen LogP contribution in [0, 0.1) is 0 Å². The van der Waals surface area contributed by atoms with Crippen LogP contribution in [0.25, 0.3) is 0 Å². The van der Waals surface area contributed by atoms with Crippen LogP contribution in [0.2, 0.25) is 0 Å². The molecule has 0 aromatic heterocycles.